The number of nitrogens with one attached hydrogen (secondary N) is 2. The molecule has 1 amide bonds. The summed E-state index contributed by atoms with van der Waals surface area (Å²) in [6, 6.07) is 7.46. The summed E-state index contributed by atoms with van der Waals surface area (Å²) in [6.45, 7) is 2.46. The van der Waals surface area contributed by atoms with Gasteiger partial charge in [0.25, 0.3) is 11.5 Å². The lowest BCUT2D eigenvalue weighted by molar-refractivity contribution is 0.0812. The third kappa shape index (κ3) is 3.50. The Morgan fingerprint density at radius 1 is 1.39 bits per heavy atom. The van der Waals surface area contributed by atoms with E-state index in [0.29, 0.717) is 31.1 Å². The molecule has 7 heteroatoms. The molecule has 7 nitrogen and oxygen atoms in total. The van der Waals surface area contributed by atoms with Crippen LogP contribution in [0.3, 0.4) is 0 Å². The standard InChI is InChI=1S/C16H17N3O4/c1-10-18-8-12(16(21)19-10)15(20)17-7-6-11-9-22-13-4-2-3-5-14(13)23-11/h2-5,8,11H,6-7,9H2,1H3,(H,17,20)(H,18,19,21). The zero-order valence-corrected chi connectivity index (χ0v) is 12.7. The van der Waals surface area contributed by atoms with E-state index in [1.165, 1.54) is 6.20 Å². The van der Waals surface area contributed by atoms with E-state index in [1.807, 2.05) is 24.3 Å². The van der Waals surface area contributed by atoms with Crippen LogP contribution in [-0.4, -0.2) is 35.1 Å². The zero-order valence-electron chi connectivity index (χ0n) is 12.7. The highest BCUT2D eigenvalue weighted by Gasteiger charge is 2.20. The molecular weight excluding hydrogens is 298 g/mol. The maximum Gasteiger partial charge on any atom is 0.263 e. The number of hydrogen-bond acceptors (Lipinski definition) is 5. The van der Waals surface area contributed by atoms with Crippen LogP contribution in [0.4, 0.5) is 0 Å². The lowest BCUT2D eigenvalue weighted by atomic mass is 10.2. The molecule has 2 N–H and O–H groups in total. The van der Waals surface area contributed by atoms with Crippen molar-refractivity contribution in [1.29, 1.82) is 0 Å². The van der Waals surface area contributed by atoms with Gasteiger partial charge in [-0.25, -0.2) is 4.98 Å². The number of carbonyl (C=O) groups excluding carboxylic acids is 1. The molecule has 0 fully saturated rings. The van der Waals surface area contributed by atoms with E-state index < -0.39 is 11.5 Å². The van der Waals surface area contributed by atoms with E-state index in [1.54, 1.807) is 6.92 Å². The number of H-pyrrole nitrogens is 1. The van der Waals surface area contributed by atoms with Crippen molar-refractivity contribution in [2.75, 3.05) is 13.2 Å². The summed E-state index contributed by atoms with van der Waals surface area (Å²) in [5, 5.41) is 2.70. The molecule has 1 aliphatic rings. The van der Waals surface area contributed by atoms with Gasteiger partial charge in [-0.15, -0.1) is 0 Å². The number of benzene rings is 1. The molecule has 120 valence electrons. The minimum Gasteiger partial charge on any atom is -0.486 e. The van der Waals surface area contributed by atoms with Gasteiger partial charge in [-0.1, -0.05) is 12.1 Å². The summed E-state index contributed by atoms with van der Waals surface area (Å²) in [7, 11) is 0. The second kappa shape index (κ2) is 6.51. The number of aromatic nitrogens is 2. The first-order chi connectivity index (χ1) is 11.1. The highest BCUT2D eigenvalue weighted by molar-refractivity contribution is 5.93. The molecule has 1 unspecified atom stereocenters. The number of para-hydroxylation sites is 2. The first kappa shape index (κ1) is 15.1. The van der Waals surface area contributed by atoms with Gasteiger partial charge in [0.05, 0.1) is 0 Å². The molecule has 0 bridgehead atoms. The number of fused-ring (bicyclic) bond motifs is 1. The van der Waals surface area contributed by atoms with Gasteiger partial charge in [-0.2, -0.15) is 0 Å². The highest BCUT2D eigenvalue weighted by Crippen LogP contribution is 2.31. The molecule has 1 aromatic heterocycles. The quantitative estimate of drug-likeness (QED) is 0.879. The van der Waals surface area contributed by atoms with Gasteiger partial charge in [0.2, 0.25) is 0 Å². The first-order valence-corrected chi connectivity index (χ1v) is 7.36. The fourth-order valence-corrected chi connectivity index (χ4v) is 2.29. The SMILES string of the molecule is Cc1ncc(C(=O)NCCC2COc3ccccc3O2)c(=O)[nH]1. The Balaban J connectivity index is 1.52. The molecule has 0 saturated heterocycles. The van der Waals surface area contributed by atoms with Gasteiger partial charge >= 0.3 is 0 Å². The fraction of sp³-hybridized carbons (Fsp3) is 0.312. The topological polar surface area (TPSA) is 93.3 Å². The summed E-state index contributed by atoms with van der Waals surface area (Å²) < 4.78 is 11.4. The van der Waals surface area contributed by atoms with Crippen LogP contribution in [0.1, 0.15) is 22.6 Å². The molecule has 23 heavy (non-hydrogen) atoms. The minimum atomic E-state index is -0.448. The fourth-order valence-electron chi connectivity index (χ4n) is 2.29. The molecule has 0 saturated carbocycles. The van der Waals surface area contributed by atoms with Crippen molar-refractivity contribution in [3.05, 3.63) is 52.2 Å². The highest BCUT2D eigenvalue weighted by atomic mass is 16.6. The van der Waals surface area contributed by atoms with Gasteiger partial charge in [0.15, 0.2) is 11.5 Å². The second-order valence-corrected chi connectivity index (χ2v) is 5.25. The number of carbonyl (C=O) groups is 1. The van der Waals surface area contributed by atoms with Crippen LogP contribution in [0, 0.1) is 6.92 Å². The molecule has 0 spiro atoms. The number of amides is 1. The van der Waals surface area contributed by atoms with Crippen molar-refractivity contribution in [3.8, 4) is 11.5 Å². The number of rotatable bonds is 4. The van der Waals surface area contributed by atoms with Crippen LogP contribution in [-0.2, 0) is 0 Å². The van der Waals surface area contributed by atoms with Crippen LogP contribution in [0.15, 0.2) is 35.3 Å². The average Bonchev–Trinajstić information content (AvgIpc) is 2.54. The molecule has 3 rings (SSSR count). The smallest absolute Gasteiger partial charge is 0.263 e. The van der Waals surface area contributed by atoms with Crippen molar-refractivity contribution < 1.29 is 14.3 Å². The Labute approximate surface area is 132 Å². The number of aryl methyl sites for hydroxylation is 1. The van der Waals surface area contributed by atoms with Gasteiger partial charge in [-0.3, -0.25) is 9.59 Å². The van der Waals surface area contributed by atoms with Crippen molar-refractivity contribution in [1.82, 2.24) is 15.3 Å². The Morgan fingerprint density at radius 2 is 2.17 bits per heavy atom. The van der Waals surface area contributed by atoms with E-state index >= 15 is 0 Å². The molecule has 2 heterocycles. The normalized spacial score (nSPS) is 16.0. The molecule has 2 aromatic rings. The molecule has 1 atom stereocenters. The lowest BCUT2D eigenvalue weighted by Gasteiger charge is -2.26. The van der Waals surface area contributed by atoms with Gasteiger partial charge < -0.3 is 19.8 Å². The molecule has 0 radical (unpaired) electrons. The second-order valence-electron chi connectivity index (χ2n) is 5.25. The number of nitrogens with zero attached hydrogens (tertiary/aromatic N) is 1. The van der Waals surface area contributed by atoms with E-state index in [-0.39, 0.29) is 11.7 Å². The predicted molar refractivity (Wildman–Crippen MR) is 82.9 cm³/mol. The lowest BCUT2D eigenvalue weighted by Crippen LogP contribution is -2.36. The first-order valence-electron chi connectivity index (χ1n) is 7.36. The van der Waals surface area contributed by atoms with Crippen LogP contribution >= 0.6 is 0 Å². The van der Waals surface area contributed by atoms with E-state index in [9.17, 15) is 9.59 Å². The van der Waals surface area contributed by atoms with Gasteiger partial charge in [-0.05, 0) is 19.1 Å². The van der Waals surface area contributed by atoms with Crippen molar-refractivity contribution in [2.24, 2.45) is 0 Å². The maximum atomic E-state index is 12.0. The van der Waals surface area contributed by atoms with Gasteiger partial charge in [0, 0.05) is 19.2 Å². The van der Waals surface area contributed by atoms with Crippen LogP contribution < -0.4 is 20.3 Å². The predicted octanol–water partition coefficient (Wildman–Crippen LogP) is 1.04. The maximum absolute atomic E-state index is 12.0. The third-order valence-corrected chi connectivity index (χ3v) is 3.49. The Morgan fingerprint density at radius 3 is 2.96 bits per heavy atom. The molecular formula is C16H17N3O4. The largest absolute Gasteiger partial charge is 0.486 e. The van der Waals surface area contributed by atoms with Crippen LogP contribution in [0.2, 0.25) is 0 Å². The van der Waals surface area contributed by atoms with E-state index in [0.717, 1.165) is 5.75 Å². The Bertz CT molecular complexity index is 772. The summed E-state index contributed by atoms with van der Waals surface area (Å²) in [5.41, 5.74) is -0.442. The number of aromatic amines is 1. The molecule has 1 aliphatic heterocycles. The average molecular weight is 315 g/mol. The minimum absolute atomic E-state index is 0.00163. The Hall–Kier alpha value is -2.83. The number of hydrogen-bond donors (Lipinski definition) is 2. The number of ether oxygens (including phenoxy) is 2. The van der Waals surface area contributed by atoms with E-state index in [4.69, 9.17) is 9.47 Å². The Kier molecular flexibility index (Phi) is 4.27. The summed E-state index contributed by atoms with van der Waals surface area (Å²) in [5.74, 6) is 1.45. The monoisotopic (exact) mass is 315 g/mol. The third-order valence-electron chi connectivity index (χ3n) is 3.49. The van der Waals surface area contributed by atoms with Crippen LogP contribution in [0.5, 0.6) is 11.5 Å². The zero-order chi connectivity index (χ0) is 16.2. The molecule has 0 aliphatic carbocycles. The van der Waals surface area contributed by atoms with Gasteiger partial charge in [0.1, 0.15) is 24.1 Å². The van der Waals surface area contributed by atoms with E-state index in [2.05, 4.69) is 15.3 Å². The summed E-state index contributed by atoms with van der Waals surface area (Å²) in [4.78, 5) is 30.1. The van der Waals surface area contributed by atoms with Crippen LogP contribution in [0.25, 0.3) is 0 Å². The van der Waals surface area contributed by atoms with Crippen molar-refractivity contribution in [3.63, 3.8) is 0 Å². The van der Waals surface area contributed by atoms with Crippen molar-refractivity contribution >= 4 is 5.91 Å². The summed E-state index contributed by atoms with van der Waals surface area (Å²) in [6.07, 6.45) is 1.72. The summed E-state index contributed by atoms with van der Waals surface area (Å²) >= 11 is 0. The van der Waals surface area contributed by atoms with Crippen molar-refractivity contribution in [2.45, 2.75) is 19.4 Å². The molecule has 1 aromatic carbocycles.